The van der Waals surface area contributed by atoms with E-state index in [2.05, 4.69) is 0 Å². The summed E-state index contributed by atoms with van der Waals surface area (Å²) in [4.78, 5) is 14.2. The van der Waals surface area contributed by atoms with E-state index in [0.717, 1.165) is 12.5 Å². The molecular weight excluding hydrogens is 347 g/mol. The molecule has 0 spiro atoms. The number of amides is 1. The van der Waals surface area contributed by atoms with E-state index in [1.807, 2.05) is 0 Å². The first kappa shape index (κ1) is 19.0. The number of hydrogen-bond donors (Lipinski definition) is 1. The van der Waals surface area contributed by atoms with Crippen molar-refractivity contribution in [2.75, 3.05) is 0 Å². The first-order valence-corrected chi connectivity index (χ1v) is 8.89. The molecule has 26 heavy (non-hydrogen) atoms. The van der Waals surface area contributed by atoms with Crippen molar-refractivity contribution >= 4 is 6.09 Å². The van der Waals surface area contributed by atoms with E-state index in [9.17, 15) is 23.1 Å². The van der Waals surface area contributed by atoms with Crippen LogP contribution in [-0.4, -0.2) is 33.8 Å². The number of ether oxygens (including phenoxy) is 1. The van der Waals surface area contributed by atoms with Gasteiger partial charge in [0.25, 0.3) is 0 Å². The molecule has 0 aromatic heterocycles. The maximum atomic E-state index is 14.3. The van der Waals surface area contributed by atoms with Gasteiger partial charge in [-0.3, -0.25) is 0 Å². The van der Waals surface area contributed by atoms with Crippen LogP contribution in [0.1, 0.15) is 58.4 Å². The number of hydrogen-bond acceptors (Lipinski definition) is 3. The molecule has 7 heteroatoms. The molecule has 4 nitrogen and oxygen atoms in total. The van der Waals surface area contributed by atoms with Crippen molar-refractivity contribution in [1.29, 1.82) is 0 Å². The Labute approximate surface area is 150 Å². The van der Waals surface area contributed by atoms with Gasteiger partial charge in [-0.05, 0) is 52.2 Å². The zero-order valence-corrected chi connectivity index (χ0v) is 15.2. The second kappa shape index (κ2) is 6.44. The van der Waals surface area contributed by atoms with Crippen LogP contribution in [0.3, 0.4) is 0 Å². The van der Waals surface area contributed by atoms with E-state index in [4.69, 9.17) is 4.74 Å². The van der Waals surface area contributed by atoms with Crippen LogP contribution >= 0.6 is 0 Å². The lowest BCUT2D eigenvalue weighted by molar-refractivity contribution is -0.0994. The number of piperidine rings is 2. The lowest BCUT2D eigenvalue weighted by atomic mass is 9.72. The van der Waals surface area contributed by atoms with Gasteiger partial charge in [-0.25, -0.2) is 18.0 Å². The summed E-state index contributed by atoms with van der Waals surface area (Å²) in [6.45, 7) is 5.29. The van der Waals surface area contributed by atoms with Crippen LogP contribution in [0.5, 0.6) is 0 Å². The Bertz CT molecular complexity index is 703. The predicted molar refractivity (Wildman–Crippen MR) is 88.9 cm³/mol. The summed E-state index contributed by atoms with van der Waals surface area (Å²) >= 11 is 0. The quantitative estimate of drug-likeness (QED) is 0.751. The van der Waals surface area contributed by atoms with Crippen LogP contribution in [-0.2, 0) is 10.3 Å². The molecule has 2 atom stereocenters. The molecule has 1 aromatic rings. The third-order valence-electron chi connectivity index (χ3n) is 5.12. The van der Waals surface area contributed by atoms with Crippen molar-refractivity contribution < 1.29 is 27.8 Å². The van der Waals surface area contributed by atoms with E-state index in [0.29, 0.717) is 18.9 Å². The van der Waals surface area contributed by atoms with Gasteiger partial charge in [0.2, 0.25) is 0 Å². The SMILES string of the molecule is CC(C)(C)OC(=O)N1C2CCCC1CC(O)(c1c(F)ccc(F)c1F)C2. The van der Waals surface area contributed by atoms with Crippen molar-refractivity contribution in [2.45, 2.75) is 76.2 Å². The third-order valence-corrected chi connectivity index (χ3v) is 5.12. The standard InChI is InChI=1S/C19H24F3NO3/c1-18(2,3)26-17(24)23-11-5-4-6-12(23)10-19(25,9-11)15-13(20)7-8-14(21)16(15)22/h7-8,11-12,25H,4-6,9-10H2,1-3H3. The summed E-state index contributed by atoms with van der Waals surface area (Å²) in [6.07, 6.45) is 1.43. The zero-order valence-electron chi connectivity index (χ0n) is 15.2. The summed E-state index contributed by atoms with van der Waals surface area (Å²) < 4.78 is 47.6. The fraction of sp³-hybridized carbons (Fsp3) is 0.632. The molecule has 0 saturated carbocycles. The number of carbonyl (C=O) groups is 1. The van der Waals surface area contributed by atoms with Crippen LogP contribution in [0.25, 0.3) is 0 Å². The monoisotopic (exact) mass is 371 g/mol. The highest BCUT2D eigenvalue weighted by Gasteiger charge is 2.51. The summed E-state index contributed by atoms with van der Waals surface area (Å²) in [5.41, 5.74) is -3.16. The molecule has 2 saturated heterocycles. The highest BCUT2D eigenvalue weighted by molar-refractivity contribution is 5.69. The molecule has 2 heterocycles. The molecule has 2 fully saturated rings. The van der Waals surface area contributed by atoms with E-state index in [1.165, 1.54) is 0 Å². The number of fused-ring (bicyclic) bond motifs is 2. The van der Waals surface area contributed by atoms with Crippen LogP contribution in [0.2, 0.25) is 0 Å². The molecular formula is C19H24F3NO3. The summed E-state index contributed by atoms with van der Waals surface area (Å²) in [5.74, 6) is -3.54. The number of aliphatic hydroxyl groups is 1. The van der Waals surface area contributed by atoms with Gasteiger partial charge in [0.15, 0.2) is 11.6 Å². The highest BCUT2D eigenvalue weighted by atomic mass is 19.2. The Kier molecular flexibility index (Phi) is 4.71. The average Bonchev–Trinajstić information content (AvgIpc) is 2.48. The molecule has 1 amide bonds. The molecule has 3 rings (SSSR count). The molecule has 144 valence electrons. The van der Waals surface area contributed by atoms with E-state index < -0.39 is 52.4 Å². The molecule has 0 aliphatic carbocycles. The van der Waals surface area contributed by atoms with Gasteiger partial charge in [-0.15, -0.1) is 0 Å². The van der Waals surface area contributed by atoms with Crippen LogP contribution in [0.15, 0.2) is 12.1 Å². The minimum absolute atomic E-state index is 0.0555. The van der Waals surface area contributed by atoms with Crippen molar-refractivity contribution in [3.05, 3.63) is 35.1 Å². The largest absolute Gasteiger partial charge is 0.444 e. The zero-order chi connectivity index (χ0) is 19.3. The third kappa shape index (κ3) is 3.41. The van der Waals surface area contributed by atoms with Crippen molar-refractivity contribution in [2.24, 2.45) is 0 Å². The first-order valence-electron chi connectivity index (χ1n) is 8.89. The van der Waals surface area contributed by atoms with Crippen molar-refractivity contribution in [3.8, 4) is 0 Å². The summed E-state index contributed by atoms with van der Waals surface area (Å²) in [6, 6.07) is 0.699. The smallest absolute Gasteiger partial charge is 0.410 e. The Morgan fingerprint density at radius 2 is 1.69 bits per heavy atom. The number of halogens is 3. The average molecular weight is 371 g/mol. The topological polar surface area (TPSA) is 49.8 Å². The van der Waals surface area contributed by atoms with Gasteiger partial charge in [-0.1, -0.05) is 0 Å². The van der Waals surface area contributed by atoms with Gasteiger partial charge < -0.3 is 14.7 Å². The van der Waals surface area contributed by atoms with Gasteiger partial charge in [0.1, 0.15) is 11.4 Å². The fourth-order valence-electron chi connectivity index (χ4n) is 4.20. The second-order valence-corrected chi connectivity index (χ2v) is 8.28. The van der Waals surface area contributed by atoms with Gasteiger partial charge in [0, 0.05) is 24.9 Å². The number of rotatable bonds is 1. The number of carbonyl (C=O) groups excluding carboxylic acids is 1. The van der Waals surface area contributed by atoms with E-state index in [1.54, 1.807) is 25.7 Å². The molecule has 2 aliphatic rings. The Balaban J connectivity index is 1.93. The second-order valence-electron chi connectivity index (χ2n) is 8.28. The molecule has 2 bridgehead atoms. The highest BCUT2D eigenvalue weighted by Crippen LogP contribution is 2.46. The number of benzene rings is 1. The lowest BCUT2D eigenvalue weighted by Gasteiger charge is -2.51. The molecule has 1 aromatic carbocycles. The van der Waals surface area contributed by atoms with Crippen molar-refractivity contribution in [3.63, 3.8) is 0 Å². The van der Waals surface area contributed by atoms with Crippen molar-refractivity contribution in [1.82, 2.24) is 4.90 Å². The van der Waals surface area contributed by atoms with Gasteiger partial charge in [0.05, 0.1) is 11.2 Å². The maximum absolute atomic E-state index is 14.3. The molecule has 2 aliphatic heterocycles. The summed E-state index contributed by atoms with van der Waals surface area (Å²) in [7, 11) is 0. The number of nitrogens with zero attached hydrogens (tertiary/aromatic N) is 1. The Morgan fingerprint density at radius 3 is 2.23 bits per heavy atom. The molecule has 1 N–H and O–H groups in total. The van der Waals surface area contributed by atoms with Gasteiger partial charge in [-0.2, -0.15) is 0 Å². The summed E-state index contributed by atoms with van der Waals surface area (Å²) in [5, 5.41) is 11.0. The first-order chi connectivity index (χ1) is 12.0. The van der Waals surface area contributed by atoms with Crippen LogP contribution in [0, 0.1) is 17.5 Å². The molecule has 2 unspecified atom stereocenters. The minimum Gasteiger partial charge on any atom is -0.444 e. The minimum atomic E-state index is -1.86. The molecule has 0 radical (unpaired) electrons. The van der Waals surface area contributed by atoms with Crippen LogP contribution < -0.4 is 0 Å². The Morgan fingerprint density at radius 1 is 1.15 bits per heavy atom. The lowest BCUT2D eigenvalue weighted by Crippen LogP contribution is -2.59. The normalized spacial score (nSPS) is 28.8. The Hall–Kier alpha value is -1.76. The van der Waals surface area contributed by atoms with Gasteiger partial charge >= 0.3 is 6.09 Å². The maximum Gasteiger partial charge on any atom is 0.410 e. The van der Waals surface area contributed by atoms with E-state index >= 15 is 0 Å². The fourth-order valence-corrected chi connectivity index (χ4v) is 4.20. The van der Waals surface area contributed by atoms with Crippen LogP contribution in [0.4, 0.5) is 18.0 Å². The predicted octanol–water partition coefficient (Wildman–Crippen LogP) is 4.24. The van der Waals surface area contributed by atoms with E-state index in [-0.39, 0.29) is 12.8 Å².